The molecular formula is C24H50NO5+. The van der Waals surface area contributed by atoms with Crippen molar-refractivity contribution >= 4 is 5.97 Å². The van der Waals surface area contributed by atoms with Crippen LogP contribution in [0.15, 0.2) is 0 Å². The second kappa shape index (κ2) is 21.5. The number of aliphatic hydroxyl groups is 3. The summed E-state index contributed by atoms with van der Waals surface area (Å²) in [5.41, 5.74) is 0. The van der Waals surface area contributed by atoms with E-state index < -0.39 is 0 Å². The molecule has 0 unspecified atom stereocenters. The average molecular weight is 433 g/mol. The number of hydrogen-bond acceptors (Lipinski definition) is 5. The van der Waals surface area contributed by atoms with Crippen molar-refractivity contribution in [2.75, 3.05) is 52.6 Å². The fourth-order valence-corrected chi connectivity index (χ4v) is 4.01. The van der Waals surface area contributed by atoms with Gasteiger partial charge in [-0.15, -0.1) is 0 Å². The second-order valence-electron chi connectivity index (χ2n) is 8.66. The molecule has 0 saturated carbocycles. The minimum Gasteiger partial charge on any atom is -0.462 e. The summed E-state index contributed by atoms with van der Waals surface area (Å²) >= 11 is 0. The zero-order chi connectivity index (χ0) is 22.3. The molecule has 0 heterocycles. The maximum atomic E-state index is 12.1. The highest BCUT2D eigenvalue weighted by atomic mass is 16.5. The Balaban J connectivity index is 3.61. The molecule has 0 saturated heterocycles. The molecule has 0 radical (unpaired) electrons. The quantitative estimate of drug-likeness (QED) is 0.130. The first-order chi connectivity index (χ1) is 14.6. The van der Waals surface area contributed by atoms with Crippen LogP contribution in [-0.2, 0) is 9.53 Å². The van der Waals surface area contributed by atoms with E-state index in [0.29, 0.717) is 26.2 Å². The summed E-state index contributed by atoms with van der Waals surface area (Å²) < 4.78 is 5.51. The largest absolute Gasteiger partial charge is 0.462 e. The number of ether oxygens (including phenoxy) is 1. The first-order valence-corrected chi connectivity index (χ1v) is 12.5. The summed E-state index contributed by atoms with van der Waals surface area (Å²) in [6.07, 6.45) is 18.1. The van der Waals surface area contributed by atoms with Crippen molar-refractivity contribution in [1.29, 1.82) is 0 Å². The molecule has 0 rings (SSSR count). The van der Waals surface area contributed by atoms with Gasteiger partial charge in [-0.05, 0) is 6.42 Å². The van der Waals surface area contributed by atoms with Gasteiger partial charge in [-0.3, -0.25) is 0 Å². The maximum absolute atomic E-state index is 12.1. The number of rotatable bonds is 23. The molecule has 0 bridgehead atoms. The van der Waals surface area contributed by atoms with Crippen molar-refractivity contribution in [2.45, 2.75) is 96.8 Å². The number of nitrogens with zero attached hydrogens (tertiary/aromatic N) is 1. The molecule has 180 valence electrons. The lowest BCUT2D eigenvalue weighted by molar-refractivity contribution is -0.922. The summed E-state index contributed by atoms with van der Waals surface area (Å²) in [6.45, 7) is 3.48. The zero-order valence-electron chi connectivity index (χ0n) is 19.7. The molecule has 0 atom stereocenters. The third kappa shape index (κ3) is 17.0. The van der Waals surface area contributed by atoms with Crippen LogP contribution in [-0.4, -0.2) is 78.4 Å². The maximum Gasteiger partial charge on any atom is 0.361 e. The van der Waals surface area contributed by atoms with Crippen molar-refractivity contribution in [3.8, 4) is 0 Å². The van der Waals surface area contributed by atoms with Crippen LogP contribution >= 0.6 is 0 Å². The molecule has 0 aromatic rings. The normalized spacial score (nSPS) is 11.7. The molecule has 6 heteroatoms. The number of aliphatic hydroxyl groups excluding tert-OH is 3. The lowest BCUT2D eigenvalue weighted by Crippen LogP contribution is -2.56. The van der Waals surface area contributed by atoms with E-state index in [1.807, 2.05) is 0 Å². The molecule has 30 heavy (non-hydrogen) atoms. The van der Waals surface area contributed by atoms with E-state index >= 15 is 0 Å². The number of quaternary nitrogens is 1. The van der Waals surface area contributed by atoms with Gasteiger partial charge in [0.05, 0.1) is 26.4 Å². The Hall–Kier alpha value is -0.690. The van der Waals surface area contributed by atoms with E-state index in [-0.39, 0.29) is 36.8 Å². The number of hydrogen-bond donors (Lipinski definition) is 3. The van der Waals surface area contributed by atoms with Crippen LogP contribution in [0.2, 0.25) is 0 Å². The van der Waals surface area contributed by atoms with E-state index in [1.165, 1.54) is 77.0 Å². The van der Waals surface area contributed by atoms with Gasteiger partial charge in [-0.25, -0.2) is 4.79 Å². The molecule has 0 spiro atoms. The highest BCUT2D eigenvalue weighted by molar-refractivity contribution is 5.70. The van der Waals surface area contributed by atoms with Crippen LogP contribution in [0, 0.1) is 0 Å². The van der Waals surface area contributed by atoms with Gasteiger partial charge in [0.2, 0.25) is 0 Å². The lowest BCUT2D eigenvalue weighted by atomic mass is 10.0. The van der Waals surface area contributed by atoms with Gasteiger partial charge in [0.25, 0.3) is 0 Å². The van der Waals surface area contributed by atoms with E-state index in [1.54, 1.807) is 0 Å². The van der Waals surface area contributed by atoms with E-state index in [0.717, 1.165) is 12.8 Å². The predicted octanol–water partition coefficient (Wildman–Crippen LogP) is 3.80. The van der Waals surface area contributed by atoms with E-state index in [4.69, 9.17) is 4.74 Å². The van der Waals surface area contributed by atoms with Crippen molar-refractivity contribution < 1.29 is 29.3 Å². The zero-order valence-corrected chi connectivity index (χ0v) is 19.7. The first-order valence-electron chi connectivity index (χ1n) is 12.5. The van der Waals surface area contributed by atoms with Gasteiger partial charge in [0, 0.05) is 0 Å². The lowest BCUT2D eigenvalue weighted by Gasteiger charge is -2.36. The van der Waals surface area contributed by atoms with E-state index in [9.17, 15) is 20.1 Å². The van der Waals surface area contributed by atoms with Gasteiger partial charge in [-0.1, -0.05) is 90.4 Å². The smallest absolute Gasteiger partial charge is 0.361 e. The van der Waals surface area contributed by atoms with Crippen LogP contribution in [0.1, 0.15) is 96.8 Å². The number of esters is 1. The summed E-state index contributed by atoms with van der Waals surface area (Å²) in [7, 11) is 0. The Morgan fingerprint density at radius 3 is 1.37 bits per heavy atom. The third-order valence-electron chi connectivity index (χ3n) is 5.95. The number of carbonyl (C=O) groups is 1. The summed E-state index contributed by atoms with van der Waals surface area (Å²) in [5.74, 6) is -0.319. The summed E-state index contributed by atoms with van der Waals surface area (Å²) in [6, 6.07) is 0. The van der Waals surface area contributed by atoms with Crippen molar-refractivity contribution in [3.05, 3.63) is 0 Å². The fourth-order valence-electron chi connectivity index (χ4n) is 4.01. The summed E-state index contributed by atoms with van der Waals surface area (Å²) in [4.78, 5) is 12.1. The number of unbranched alkanes of at least 4 members (excludes halogenated alkanes) is 13. The molecule has 0 aromatic carbocycles. The highest BCUT2D eigenvalue weighted by Crippen LogP contribution is 2.13. The van der Waals surface area contributed by atoms with E-state index in [2.05, 4.69) is 6.92 Å². The average Bonchev–Trinajstić information content (AvgIpc) is 2.71. The monoisotopic (exact) mass is 432 g/mol. The number of carbonyl (C=O) groups excluding carboxylic acids is 1. The predicted molar refractivity (Wildman–Crippen MR) is 122 cm³/mol. The third-order valence-corrected chi connectivity index (χ3v) is 5.95. The molecule has 0 fully saturated rings. The Morgan fingerprint density at radius 2 is 1.00 bits per heavy atom. The molecule has 3 N–H and O–H groups in total. The van der Waals surface area contributed by atoms with Gasteiger partial charge in [0.15, 0.2) is 6.54 Å². The van der Waals surface area contributed by atoms with Crippen LogP contribution in [0.3, 0.4) is 0 Å². The van der Waals surface area contributed by atoms with Crippen LogP contribution in [0.25, 0.3) is 0 Å². The standard InChI is InChI=1S/C24H50NO5/c1-2-3-4-5-6-7-8-9-10-11-12-13-14-15-22-30-24(29)23-25(16-19-26,17-20-27)18-21-28/h26-28H,2-23H2,1H3/q+1. The molecule has 0 aromatic heterocycles. The Morgan fingerprint density at radius 1 is 0.633 bits per heavy atom. The minimum absolute atomic E-state index is 0.0836. The van der Waals surface area contributed by atoms with Crippen LogP contribution in [0.4, 0.5) is 0 Å². The summed E-state index contributed by atoms with van der Waals surface area (Å²) in [5, 5.41) is 27.8. The van der Waals surface area contributed by atoms with Crippen molar-refractivity contribution in [3.63, 3.8) is 0 Å². The second-order valence-corrected chi connectivity index (χ2v) is 8.66. The molecule has 0 aliphatic carbocycles. The molecule has 0 aliphatic rings. The van der Waals surface area contributed by atoms with Crippen LogP contribution < -0.4 is 0 Å². The van der Waals surface area contributed by atoms with Crippen molar-refractivity contribution in [2.24, 2.45) is 0 Å². The molecule has 6 nitrogen and oxygen atoms in total. The first kappa shape index (κ1) is 29.3. The molecule has 0 amide bonds. The van der Waals surface area contributed by atoms with Crippen LogP contribution in [0.5, 0.6) is 0 Å². The Kier molecular flexibility index (Phi) is 21.0. The molecular weight excluding hydrogens is 382 g/mol. The highest BCUT2D eigenvalue weighted by Gasteiger charge is 2.30. The van der Waals surface area contributed by atoms with Gasteiger partial charge in [0.1, 0.15) is 19.6 Å². The SMILES string of the molecule is CCCCCCCCCCCCCCCCOC(=O)C[N+](CCO)(CCO)CCO. The van der Waals surface area contributed by atoms with Gasteiger partial charge < -0.3 is 24.5 Å². The molecule has 0 aliphatic heterocycles. The minimum atomic E-state index is -0.319. The topological polar surface area (TPSA) is 87.0 Å². The Labute approximate surface area is 185 Å². The Bertz CT molecular complexity index is 362. The van der Waals surface area contributed by atoms with Gasteiger partial charge >= 0.3 is 5.97 Å². The van der Waals surface area contributed by atoms with Gasteiger partial charge in [-0.2, -0.15) is 0 Å². The van der Waals surface area contributed by atoms with Crippen molar-refractivity contribution in [1.82, 2.24) is 0 Å². The fraction of sp³-hybridized carbons (Fsp3) is 0.958.